The average Bonchev–Trinajstić information content (AvgIpc) is 2.35. The number of carboxylic acid groups (broad SMARTS) is 1. The monoisotopic (exact) mass is 256 g/mol. The molecule has 19 heavy (non-hydrogen) atoms. The molecule has 0 saturated carbocycles. The van der Waals surface area contributed by atoms with E-state index in [1.54, 1.807) is 6.07 Å². The van der Waals surface area contributed by atoms with E-state index in [4.69, 9.17) is 5.73 Å². The van der Waals surface area contributed by atoms with Crippen LogP contribution in [-0.2, 0) is 0 Å². The molecule has 2 rings (SSSR count). The van der Waals surface area contributed by atoms with Crippen LogP contribution in [0.1, 0.15) is 27.0 Å². The van der Waals surface area contributed by atoms with Crippen molar-refractivity contribution in [1.29, 1.82) is 0 Å². The highest BCUT2D eigenvalue weighted by Gasteiger charge is 2.18. The number of hydrogen-bond acceptors (Lipinski definition) is 3. The third kappa shape index (κ3) is 2.17. The maximum absolute atomic E-state index is 11.4. The predicted octanol–water partition coefficient (Wildman–Crippen LogP) is 2.95. The number of carbonyl (C=O) groups is 1. The van der Waals surface area contributed by atoms with Crippen molar-refractivity contribution in [1.82, 2.24) is 4.98 Å². The molecule has 0 saturated heterocycles. The smallest absolute Gasteiger partial charge is 0.340 e. The molecule has 0 unspecified atom stereocenters. The van der Waals surface area contributed by atoms with Crippen LogP contribution in [0.2, 0.25) is 0 Å². The van der Waals surface area contributed by atoms with Crippen molar-refractivity contribution < 1.29 is 9.90 Å². The van der Waals surface area contributed by atoms with E-state index in [1.807, 2.05) is 32.9 Å². The molecule has 1 aromatic heterocycles. The van der Waals surface area contributed by atoms with Gasteiger partial charge in [-0.05, 0) is 49.1 Å². The zero-order valence-electron chi connectivity index (χ0n) is 11.2. The fourth-order valence-corrected chi connectivity index (χ4v) is 2.18. The van der Waals surface area contributed by atoms with E-state index in [2.05, 4.69) is 4.98 Å². The van der Waals surface area contributed by atoms with Crippen LogP contribution >= 0.6 is 0 Å². The first kappa shape index (κ1) is 13.1. The molecule has 0 amide bonds. The molecule has 4 nitrogen and oxygen atoms in total. The Morgan fingerprint density at radius 1 is 1.11 bits per heavy atom. The average molecular weight is 256 g/mol. The Bertz CT molecular complexity index is 663. The Kier molecular flexibility index (Phi) is 3.25. The van der Waals surface area contributed by atoms with Crippen LogP contribution in [0.3, 0.4) is 0 Å². The Labute approximate surface area is 111 Å². The standard InChI is InChI=1S/C15H16N2O2/c1-8-4-5-11(10(3)9(8)2)12-6-7-17-14(16)13(12)15(18)19/h4-7H,1-3H3,(H2,16,17)(H,18,19). The quantitative estimate of drug-likeness (QED) is 0.866. The first-order valence-electron chi connectivity index (χ1n) is 5.98. The Morgan fingerprint density at radius 2 is 1.79 bits per heavy atom. The summed E-state index contributed by atoms with van der Waals surface area (Å²) in [6.07, 6.45) is 1.53. The molecule has 0 aliphatic heterocycles. The summed E-state index contributed by atoms with van der Waals surface area (Å²) in [5.41, 5.74) is 10.6. The largest absolute Gasteiger partial charge is 0.478 e. The topological polar surface area (TPSA) is 76.2 Å². The van der Waals surface area contributed by atoms with E-state index in [-0.39, 0.29) is 11.4 Å². The first-order valence-corrected chi connectivity index (χ1v) is 5.98. The van der Waals surface area contributed by atoms with Crippen LogP contribution in [-0.4, -0.2) is 16.1 Å². The van der Waals surface area contributed by atoms with Crippen LogP contribution < -0.4 is 5.73 Å². The number of pyridine rings is 1. The number of aromatic carboxylic acids is 1. The highest BCUT2D eigenvalue weighted by atomic mass is 16.4. The molecule has 0 bridgehead atoms. The van der Waals surface area contributed by atoms with E-state index in [0.29, 0.717) is 5.56 Å². The number of rotatable bonds is 2. The zero-order chi connectivity index (χ0) is 14.2. The normalized spacial score (nSPS) is 10.5. The van der Waals surface area contributed by atoms with Gasteiger partial charge in [0, 0.05) is 11.8 Å². The van der Waals surface area contributed by atoms with Crippen molar-refractivity contribution in [2.24, 2.45) is 0 Å². The number of carboxylic acids is 1. The van der Waals surface area contributed by atoms with Gasteiger partial charge in [-0.3, -0.25) is 0 Å². The van der Waals surface area contributed by atoms with E-state index in [0.717, 1.165) is 16.7 Å². The van der Waals surface area contributed by atoms with Crippen LogP contribution in [0.15, 0.2) is 24.4 Å². The second kappa shape index (κ2) is 4.72. The zero-order valence-corrected chi connectivity index (χ0v) is 11.2. The van der Waals surface area contributed by atoms with Crippen molar-refractivity contribution in [2.45, 2.75) is 20.8 Å². The Balaban J connectivity index is 2.77. The minimum Gasteiger partial charge on any atom is -0.478 e. The summed E-state index contributed by atoms with van der Waals surface area (Å²) in [5, 5.41) is 9.30. The van der Waals surface area contributed by atoms with Gasteiger partial charge in [0.25, 0.3) is 0 Å². The number of hydrogen-bond donors (Lipinski definition) is 2. The van der Waals surface area contributed by atoms with E-state index >= 15 is 0 Å². The molecule has 4 heteroatoms. The molecular formula is C15H16N2O2. The second-order valence-electron chi connectivity index (χ2n) is 4.60. The lowest BCUT2D eigenvalue weighted by Gasteiger charge is -2.14. The molecule has 0 spiro atoms. The molecule has 1 heterocycles. The summed E-state index contributed by atoms with van der Waals surface area (Å²) < 4.78 is 0. The lowest BCUT2D eigenvalue weighted by molar-refractivity contribution is 0.0698. The van der Waals surface area contributed by atoms with Crippen LogP contribution in [0, 0.1) is 20.8 Å². The third-order valence-corrected chi connectivity index (χ3v) is 3.54. The molecule has 2 aromatic rings. The SMILES string of the molecule is Cc1ccc(-c2ccnc(N)c2C(=O)O)c(C)c1C. The van der Waals surface area contributed by atoms with Gasteiger partial charge in [-0.15, -0.1) is 0 Å². The van der Waals surface area contributed by atoms with Crippen molar-refractivity contribution in [2.75, 3.05) is 5.73 Å². The lowest BCUT2D eigenvalue weighted by Crippen LogP contribution is -2.07. The highest BCUT2D eigenvalue weighted by Crippen LogP contribution is 2.31. The van der Waals surface area contributed by atoms with Crippen molar-refractivity contribution in [3.63, 3.8) is 0 Å². The van der Waals surface area contributed by atoms with Crippen molar-refractivity contribution in [3.05, 3.63) is 46.6 Å². The summed E-state index contributed by atoms with van der Waals surface area (Å²) >= 11 is 0. The summed E-state index contributed by atoms with van der Waals surface area (Å²) in [6, 6.07) is 5.61. The molecular weight excluding hydrogens is 240 g/mol. The van der Waals surface area contributed by atoms with Crippen molar-refractivity contribution in [3.8, 4) is 11.1 Å². The third-order valence-electron chi connectivity index (χ3n) is 3.54. The number of anilines is 1. The van der Waals surface area contributed by atoms with Gasteiger partial charge in [0.05, 0.1) is 0 Å². The van der Waals surface area contributed by atoms with Crippen LogP contribution in [0.4, 0.5) is 5.82 Å². The fourth-order valence-electron chi connectivity index (χ4n) is 2.18. The van der Waals surface area contributed by atoms with E-state index in [1.165, 1.54) is 11.8 Å². The molecule has 0 atom stereocenters. The molecule has 98 valence electrons. The van der Waals surface area contributed by atoms with Gasteiger partial charge in [-0.1, -0.05) is 12.1 Å². The maximum atomic E-state index is 11.4. The molecule has 3 N–H and O–H groups in total. The second-order valence-corrected chi connectivity index (χ2v) is 4.60. The minimum atomic E-state index is -1.06. The van der Waals surface area contributed by atoms with Gasteiger partial charge < -0.3 is 10.8 Å². The molecule has 1 aromatic carbocycles. The van der Waals surface area contributed by atoms with Gasteiger partial charge in [0.2, 0.25) is 0 Å². The first-order chi connectivity index (χ1) is 8.93. The predicted molar refractivity (Wildman–Crippen MR) is 75.3 cm³/mol. The number of benzene rings is 1. The number of aryl methyl sites for hydroxylation is 1. The lowest BCUT2D eigenvalue weighted by atomic mass is 9.92. The summed E-state index contributed by atoms with van der Waals surface area (Å²) in [7, 11) is 0. The fraction of sp³-hybridized carbons (Fsp3) is 0.200. The van der Waals surface area contributed by atoms with Crippen LogP contribution in [0.25, 0.3) is 11.1 Å². The number of aromatic nitrogens is 1. The van der Waals surface area contributed by atoms with Gasteiger partial charge in [0.1, 0.15) is 11.4 Å². The van der Waals surface area contributed by atoms with Crippen LogP contribution in [0.5, 0.6) is 0 Å². The van der Waals surface area contributed by atoms with Gasteiger partial charge in [-0.2, -0.15) is 0 Å². The van der Waals surface area contributed by atoms with E-state index < -0.39 is 5.97 Å². The van der Waals surface area contributed by atoms with Crippen molar-refractivity contribution >= 4 is 11.8 Å². The summed E-state index contributed by atoms with van der Waals surface area (Å²) in [6.45, 7) is 6.05. The Morgan fingerprint density at radius 3 is 2.42 bits per heavy atom. The number of nitrogen functional groups attached to an aromatic ring is 1. The van der Waals surface area contributed by atoms with E-state index in [9.17, 15) is 9.90 Å². The molecule has 0 fully saturated rings. The minimum absolute atomic E-state index is 0.0441. The summed E-state index contributed by atoms with van der Waals surface area (Å²) in [4.78, 5) is 15.2. The Hall–Kier alpha value is -2.36. The number of nitrogens with zero attached hydrogens (tertiary/aromatic N) is 1. The van der Waals surface area contributed by atoms with Gasteiger partial charge in [0.15, 0.2) is 0 Å². The highest BCUT2D eigenvalue weighted by molar-refractivity contribution is 6.00. The van der Waals surface area contributed by atoms with Gasteiger partial charge in [-0.25, -0.2) is 9.78 Å². The number of nitrogens with two attached hydrogens (primary N) is 1. The summed E-state index contributed by atoms with van der Waals surface area (Å²) in [5.74, 6) is -1.01. The molecule has 0 radical (unpaired) electrons. The molecule has 0 aliphatic rings. The van der Waals surface area contributed by atoms with Gasteiger partial charge >= 0.3 is 5.97 Å². The maximum Gasteiger partial charge on any atom is 0.340 e. The molecule has 0 aliphatic carbocycles.